The summed E-state index contributed by atoms with van der Waals surface area (Å²) in [6, 6.07) is 19.8. The molecule has 0 spiro atoms. The molecule has 170 valence electrons. The number of phenolic OH excluding ortho intramolecular Hbond substituents is 1. The van der Waals surface area contributed by atoms with E-state index in [1.807, 2.05) is 6.07 Å². The third-order valence-electron chi connectivity index (χ3n) is 4.77. The molecule has 0 unspecified atom stereocenters. The van der Waals surface area contributed by atoms with Crippen molar-refractivity contribution in [3.05, 3.63) is 95.1 Å². The van der Waals surface area contributed by atoms with Crippen LogP contribution in [0, 0.1) is 0 Å². The Labute approximate surface area is 191 Å². The number of benzene rings is 3. The number of nitrogens with one attached hydrogen (secondary N) is 2. The summed E-state index contributed by atoms with van der Waals surface area (Å²) in [5, 5.41) is 15.0. The van der Waals surface area contributed by atoms with Crippen LogP contribution in [0.2, 0.25) is 0 Å². The molecule has 5 N–H and O–H groups in total. The standard InChI is InChI=1S/C25H25N3O5/c26-23(30)21-10-1-2-11-22(21)33-16-17-6-3-7-18(14-17)24(31)27-12-5-13-28-25(32)19-8-4-9-20(29)15-19/h1-4,6-11,14-15,29H,5,12-13,16H2,(H2,26,30)(H,27,31)(H,28,32). The average Bonchev–Trinajstić information content (AvgIpc) is 2.82. The maximum atomic E-state index is 12.4. The second kappa shape index (κ2) is 11.3. The first kappa shape index (κ1) is 23.3. The first-order chi connectivity index (χ1) is 15.9. The van der Waals surface area contributed by atoms with Crippen LogP contribution in [0.25, 0.3) is 0 Å². The Bertz CT molecular complexity index is 1150. The zero-order chi connectivity index (χ0) is 23.6. The van der Waals surface area contributed by atoms with Gasteiger partial charge in [-0.1, -0.05) is 30.3 Å². The molecule has 0 aromatic heterocycles. The molecule has 0 saturated carbocycles. The van der Waals surface area contributed by atoms with Crippen molar-refractivity contribution in [3.8, 4) is 11.5 Å². The van der Waals surface area contributed by atoms with Crippen LogP contribution < -0.4 is 21.1 Å². The minimum Gasteiger partial charge on any atom is -0.508 e. The summed E-state index contributed by atoms with van der Waals surface area (Å²) in [7, 11) is 0. The third kappa shape index (κ3) is 6.83. The zero-order valence-electron chi connectivity index (χ0n) is 17.9. The van der Waals surface area contributed by atoms with Gasteiger partial charge in [-0.25, -0.2) is 0 Å². The minimum absolute atomic E-state index is 0.0274. The van der Waals surface area contributed by atoms with Crippen LogP contribution in [0.1, 0.15) is 43.1 Å². The molecule has 3 amide bonds. The fourth-order valence-corrected chi connectivity index (χ4v) is 3.10. The fraction of sp³-hybridized carbons (Fsp3) is 0.160. The molecule has 0 atom stereocenters. The van der Waals surface area contributed by atoms with Crippen molar-refractivity contribution in [1.29, 1.82) is 0 Å². The molecule has 0 aliphatic carbocycles. The number of amides is 3. The predicted octanol–water partition coefficient (Wildman–Crippen LogP) is 2.62. The molecule has 3 aromatic carbocycles. The first-order valence-corrected chi connectivity index (χ1v) is 10.4. The lowest BCUT2D eigenvalue weighted by Gasteiger charge is -2.11. The van der Waals surface area contributed by atoms with E-state index in [-0.39, 0.29) is 24.2 Å². The van der Waals surface area contributed by atoms with Gasteiger partial charge in [-0.05, 0) is 54.4 Å². The summed E-state index contributed by atoms with van der Waals surface area (Å²) >= 11 is 0. The number of carbonyl (C=O) groups excluding carboxylic acids is 3. The van der Waals surface area contributed by atoms with Gasteiger partial charge >= 0.3 is 0 Å². The number of nitrogens with two attached hydrogens (primary N) is 1. The van der Waals surface area contributed by atoms with Gasteiger partial charge in [-0.2, -0.15) is 0 Å². The van der Waals surface area contributed by atoms with Gasteiger partial charge in [0.1, 0.15) is 18.1 Å². The maximum Gasteiger partial charge on any atom is 0.252 e. The Kier molecular flexibility index (Phi) is 8.02. The summed E-state index contributed by atoms with van der Waals surface area (Å²) < 4.78 is 5.71. The number of phenols is 1. The maximum absolute atomic E-state index is 12.4. The number of rotatable bonds is 10. The van der Waals surface area contributed by atoms with Crippen LogP contribution in [0.4, 0.5) is 0 Å². The van der Waals surface area contributed by atoms with Crippen LogP contribution >= 0.6 is 0 Å². The highest BCUT2D eigenvalue weighted by molar-refractivity contribution is 5.96. The van der Waals surface area contributed by atoms with Gasteiger partial charge in [0.2, 0.25) is 0 Å². The van der Waals surface area contributed by atoms with E-state index in [1.54, 1.807) is 54.6 Å². The largest absolute Gasteiger partial charge is 0.508 e. The lowest BCUT2D eigenvalue weighted by Crippen LogP contribution is -2.29. The summed E-state index contributed by atoms with van der Waals surface area (Å²) in [5.74, 6) is -0.694. The van der Waals surface area contributed by atoms with E-state index >= 15 is 0 Å². The topological polar surface area (TPSA) is 131 Å². The van der Waals surface area contributed by atoms with E-state index < -0.39 is 5.91 Å². The van der Waals surface area contributed by atoms with Gasteiger partial charge < -0.3 is 26.2 Å². The molecule has 0 fully saturated rings. The molecule has 0 radical (unpaired) electrons. The highest BCUT2D eigenvalue weighted by atomic mass is 16.5. The van der Waals surface area contributed by atoms with Gasteiger partial charge in [-0.3, -0.25) is 14.4 Å². The molecule has 33 heavy (non-hydrogen) atoms. The monoisotopic (exact) mass is 447 g/mol. The average molecular weight is 447 g/mol. The Balaban J connectivity index is 1.45. The van der Waals surface area contributed by atoms with Crippen LogP contribution in [-0.4, -0.2) is 35.9 Å². The molecule has 0 heterocycles. The fourth-order valence-electron chi connectivity index (χ4n) is 3.10. The number of carbonyl (C=O) groups is 3. The number of ether oxygens (including phenoxy) is 1. The number of para-hydroxylation sites is 1. The molecular formula is C25H25N3O5. The molecule has 8 heteroatoms. The van der Waals surface area contributed by atoms with Gasteiger partial charge in [0.05, 0.1) is 5.56 Å². The Hall–Kier alpha value is -4.33. The summed E-state index contributed by atoms with van der Waals surface area (Å²) in [5.41, 5.74) is 7.27. The number of aromatic hydroxyl groups is 1. The molecule has 0 saturated heterocycles. The zero-order valence-corrected chi connectivity index (χ0v) is 17.9. The van der Waals surface area contributed by atoms with Crippen molar-refractivity contribution in [2.24, 2.45) is 5.73 Å². The molecule has 0 aliphatic heterocycles. The SMILES string of the molecule is NC(=O)c1ccccc1OCc1cccc(C(=O)NCCCNC(=O)c2cccc(O)c2)c1. The Morgan fingerprint density at radius 1 is 0.818 bits per heavy atom. The summed E-state index contributed by atoms with van der Waals surface area (Å²) in [4.78, 5) is 36.0. The molecule has 3 aromatic rings. The Morgan fingerprint density at radius 3 is 2.12 bits per heavy atom. The quantitative estimate of drug-likeness (QED) is 0.355. The van der Waals surface area contributed by atoms with E-state index in [9.17, 15) is 19.5 Å². The number of primary amides is 1. The molecule has 0 bridgehead atoms. The third-order valence-corrected chi connectivity index (χ3v) is 4.77. The van der Waals surface area contributed by atoms with Gasteiger partial charge in [0.25, 0.3) is 17.7 Å². The second-order valence-corrected chi connectivity index (χ2v) is 7.27. The van der Waals surface area contributed by atoms with E-state index in [4.69, 9.17) is 10.5 Å². The first-order valence-electron chi connectivity index (χ1n) is 10.4. The molecule has 3 rings (SSSR count). The van der Waals surface area contributed by atoms with E-state index in [0.29, 0.717) is 42.0 Å². The second-order valence-electron chi connectivity index (χ2n) is 7.27. The number of hydrogen-bond donors (Lipinski definition) is 4. The van der Waals surface area contributed by atoms with Crippen LogP contribution in [-0.2, 0) is 6.61 Å². The van der Waals surface area contributed by atoms with Gasteiger partial charge in [-0.15, -0.1) is 0 Å². The van der Waals surface area contributed by atoms with Crippen LogP contribution in [0.15, 0.2) is 72.8 Å². The van der Waals surface area contributed by atoms with Gasteiger partial charge in [0, 0.05) is 24.2 Å². The molecular weight excluding hydrogens is 422 g/mol. The van der Waals surface area contributed by atoms with E-state index in [1.165, 1.54) is 12.1 Å². The molecule has 0 aliphatic rings. The number of hydrogen-bond acceptors (Lipinski definition) is 5. The summed E-state index contributed by atoms with van der Waals surface area (Å²) in [6.45, 7) is 0.931. The Morgan fingerprint density at radius 2 is 1.45 bits per heavy atom. The smallest absolute Gasteiger partial charge is 0.252 e. The molecule has 8 nitrogen and oxygen atoms in total. The van der Waals surface area contributed by atoms with Crippen molar-refractivity contribution in [2.45, 2.75) is 13.0 Å². The minimum atomic E-state index is -0.572. The summed E-state index contributed by atoms with van der Waals surface area (Å²) in [6.07, 6.45) is 0.545. The highest BCUT2D eigenvalue weighted by Gasteiger charge is 2.10. The van der Waals surface area contributed by atoms with E-state index in [2.05, 4.69) is 10.6 Å². The van der Waals surface area contributed by atoms with Crippen molar-refractivity contribution >= 4 is 17.7 Å². The van der Waals surface area contributed by atoms with Crippen molar-refractivity contribution < 1.29 is 24.2 Å². The van der Waals surface area contributed by atoms with Gasteiger partial charge in [0.15, 0.2) is 0 Å². The lowest BCUT2D eigenvalue weighted by atomic mass is 10.1. The highest BCUT2D eigenvalue weighted by Crippen LogP contribution is 2.19. The van der Waals surface area contributed by atoms with Crippen molar-refractivity contribution in [2.75, 3.05) is 13.1 Å². The predicted molar refractivity (Wildman–Crippen MR) is 123 cm³/mol. The van der Waals surface area contributed by atoms with Crippen LogP contribution in [0.5, 0.6) is 11.5 Å². The van der Waals surface area contributed by atoms with Crippen molar-refractivity contribution in [3.63, 3.8) is 0 Å². The van der Waals surface area contributed by atoms with Crippen LogP contribution in [0.3, 0.4) is 0 Å². The van der Waals surface area contributed by atoms with Crippen molar-refractivity contribution in [1.82, 2.24) is 10.6 Å². The normalized spacial score (nSPS) is 10.3. The van der Waals surface area contributed by atoms with E-state index in [0.717, 1.165) is 5.56 Å². The lowest BCUT2D eigenvalue weighted by molar-refractivity contribution is 0.0948.